The molecule has 0 radical (unpaired) electrons. The molecular formula is C30H22F5N3O7. The summed E-state index contributed by atoms with van der Waals surface area (Å²) in [5, 5.41) is 0. The highest BCUT2D eigenvalue weighted by Gasteiger charge is 2.42. The second kappa shape index (κ2) is 12.4. The molecule has 1 aliphatic rings. The molecule has 4 aromatic rings. The maximum absolute atomic E-state index is 15.1. The third-order valence-corrected chi connectivity index (χ3v) is 7.00. The maximum atomic E-state index is 15.1. The van der Waals surface area contributed by atoms with Gasteiger partial charge in [0.05, 0.1) is 24.2 Å². The van der Waals surface area contributed by atoms with Gasteiger partial charge < -0.3 is 19.9 Å². The predicted molar refractivity (Wildman–Crippen MR) is 146 cm³/mol. The summed E-state index contributed by atoms with van der Waals surface area (Å²) >= 11 is 0. The molecule has 5 rings (SSSR count). The molecule has 0 aliphatic carbocycles. The monoisotopic (exact) mass is 631 g/mol. The average Bonchev–Trinajstić information content (AvgIpc) is 3.34. The van der Waals surface area contributed by atoms with Gasteiger partial charge in [0.1, 0.15) is 17.3 Å². The molecule has 0 bridgehead atoms. The number of aromatic nitrogens is 2. The summed E-state index contributed by atoms with van der Waals surface area (Å²) in [6.07, 6.45) is -7.22. The van der Waals surface area contributed by atoms with Crippen LogP contribution in [0.3, 0.4) is 0 Å². The first-order chi connectivity index (χ1) is 21.4. The highest BCUT2D eigenvalue weighted by atomic mass is 19.4. The number of esters is 2. The summed E-state index contributed by atoms with van der Waals surface area (Å²) in [5.41, 5.74) is 0.393. The molecule has 10 nitrogen and oxygen atoms in total. The van der Waals surface area contributed by atoms with Crippen molar-refractivity contribution >= 4 is 11.9 Å². The van der Waals surface area contributed by atoms with Crippen molar-refractivity contribution in [3.05, 3.63) is 122 Å². The van der Waals surface area contributed by atoms with Crippen LogP contribution >= 0.6 is 0 Å². The number of halogens is 5. The van der Waals surface area contributed by atoms with Gasteiger partial charge in [-0.2, -0.15) is 13.2 Å². The predicted octanol–water partition coefficient (Wildman–Crippen LogP) is 3.99. The van der Waals surface area contributed by atoms with E-state index in [0.29, 0.717) is 20.8 Å². The van der Waals surface area contributed by atoms with Crippen LogP contribution in [-0.4, -0.2) is 27.9 Å². The molecule has 1 atom stereocenters. The molecule has 234 valence electrons. The number of para-hydroxylation sites is 1. The van der Waals surface area contributed by atoms with Crippen molar-refractivity contribution in [3.63, 3.8) is 0 Å². The normalized spacial score (nSPS) is 14.3. The summed E-state index contributed by atoms with van der Waals surface area (Å²) in [4.78, 5) is 52.3. The van der Waals surface area contributed by atoms with Crippen molar-refractivity contribution in [2.75, 3.05) is 6.86 Å². The van der Waals surface area contributed by atoms with E-state index in [1.807, 2.05) is 0 Å². The number of cyclic esters (lactones) is 2. The van der Waals surface area contributed by atoms with E-state index in [1.165, 1.54) is 24.3 Å². The molecule has 0 amide bonds. The zero-order valence-corrected chi connectivity index (χ0v) is 22.9. The number of carbonyl (C=O) groups is 2. The van der Waals surface area contributed by atoms with Crippen LogP contribution in [0, 0.1) is 5.82 Å². The van der Waals surface area contributed by atoms with E-state index in [0.717, 1.165) is 12.1 Å². The Morgan fingerprint density at radius 3 is 2.16 bits per heavy atom. The van der Waals surface area contributed by atoms with Crippen LogP contribution in [0.2, 0.25) is 0 Å². The zero-order chi connectivity index (χ0) is 32.5. The lowest BCUT2D eigenvalue weighted by atomic mass is 10.0. The van der Waals surface area contributed by atoms with Crippen molar-refractivity contribution in [3.8, 4) is 16.9 Å². The number of nitrogens with zero attached hydrogens (tertiary/aromatic N) is 2. The molecule has 15 heteroatoms. The first kappa shape index (κ1) is 31.1. The minimum atomic E-state index is -5.08. The largest absolute Gasteiger partial charge is 0.462 e. The Hall–Kier alpha value is -5.31. The van der Waals surface area contributed by atoms with Crippen molar-refractivity contribution in [2.45, 2.75) is 31.6 Å². The molecule has 2 N–H and O–H groups in total. The molecule has 0 spiro atoms. The van der Waals surface area contributed by atoms with Gasteiger partial charge in [0.15, 0.2) is 0 Å². The summed E-state index contributed by atoms with van der Waals surface area (Å²) in [7, 11) is 0. The lowest BCUT2D eigenvalue weighted by molar-refractivity contribution is -0.150. The number of nitrogens with two attached hydrogens (primary N) is 1. The van der Waals surface area contributed by atoms with Gasteiger partial charge in [0.2, 0.25) is 6.86 Å². The maximum Gasteiger partial charge on any atom is 0.421 e. The summed E-state index contributed by atoms with van der Waals surface area (Å²) in [5.74, 6) is -4.68. The Morgan fingerprint density at radius 2 is 1.51 bits per heavy atom. The fraction of sp³-hybridized carbons (Fsp3) is 0.200. The van der Waals surface area contributed by atoms with Crippen LogP contribution in [0.25, 0.3) is 11.1 Å². The number of carbonyl (C=O) groups excluding carboxylic acids is 2. The van der Waals surface area contributed by atoms with Gasteiger partial charge in [-0.25, -0.2) is 23.2 Å². The molecule has 1 aromatic heterocycles. The van der Waals surface area contributed by atoms with E-state index in [9.17, 15) is 36.7 Å². The topological polar surface area (TPSA) is 132 Å². The quantitative estimate of drug-likeness (QED) is 0.167. The van der Waals surface area contributed by atoms with Crippen LogP contribution in [0.15, 0.2) is 82.4 Å². The smallest absolute Gasteiger partial charge is 0.421 e. The lowest BCUT2D eigenvalue weighted by Gasteiger charge is -2.24. The van der Waals surface area contributed by atoms with Crippen LogP contribution < -0.4 is 21.7 Å². The minimum Gasteiger partial charge on any atom is -0.462 e. The SMILES string of the molecule is N[C@@H](Cn1c(=O)c(-c2ccccc2OCF)c(C2OC(=O)C(=O)O2)n(Cc2c(F)cccc2C(F)(F)F)c1=O)c1ccccc1. The summed E-state index contributed by atoms with van der Waals surface area (Å²) in [6.45, 7) is -3.09. The Kier molecular flexibility index (Phi) is 8.55. The number of alkyl halides is 4. The Labute approximate surface area is 250 Å². The van der Waals surface area contributed by atoms with E-state index in [2.05, 4.69) is 0 Å². The standard InChI is InChI=1S/C30H22F5N3O7/c31-15-43-22-12-5-4-9-17(22)23-24(28-44-26(40)27(41)45-28)37(13-18-19(30(33,34)35)10-6-11-20(18)32)29(42)38(25(23)39)14-21(36)16-7-2-1-3-8-16/h1-12,21,28H,13-15,36H2/t21-/m0/s1. The third-order valence-electron chi connectivity index (χ3n) is 7.00. The van der Waals surface area contributed by atoms with E-state index in [-0.39, 0.29) is 11.3 Å². The third kappa shape index (κ3) is 6.06. The van der Waals surface area contributed by atoms with Crippen molar-refractivity contribution in [1.82, 2.24) is 9.13 Å². The number of hydrogen-bond acceptors (Lipinski definition) is 8. The second-order valence-electron chi connectivity index (χ2n) is 9.72. The summed E-state index contributed by atoms with van der Waals surface area (Å²) in [6, 6.07) is 14.7. The van der Waals surface area contributed by atoms with Gasteiger partial charge in [-0.3, -0.25) is 13.9 Å². The van der Waals surface area contributed by atoms with E-state index in [1.54, 1.807) is 30.3 Å². The van der Waals surface area contributed by atoms with E-state index in [4.69, 9.17) is 19.9 Å². The molecule has 45 heavy (non-hydrogen) atoms. The van der Waals surface area contributed by atoms with Crippen molar-refractivity contribution < 1.29 is 45.8 Å². The second-order valence-corrected chi connectivity index (χ2v) is 9.72. The number of rotatable bonds is 9. The number of benzene rings is 3. The molecule has 0 saturated carbocycles. The molecular weight excluding hydrogens is 609 g/mol. The molecule has 3 aromatic carbocycles. The van der Waals surface area contributed by atoms with Crippen LogP contribution in [0.4, 0.5) is 22.0 Å². The Balaban J connectivity index is 1.87. The van der Waals surface area contributed by atoms with Crippen LogP contribution in [-0.2, 0) is 38.3 Å². The van der Waals surface area contributed by atoms with Gasteiger partial charge in [0.25, 0.3) is 11.8 Å². The highest BCUT2D eigenvalue weighted by Crippen LogP contribution is 2.38. The zero-order valence-electron chi connectivity index (χ0n) is 22.9. The van der Waals surface area contributed by atoms with Gasteiger partial charge in [-0.15, -0.1) is 0 Å². The Morgan fingerprint density at radius 1 is 0.867 bits per heavy atom. The summed E-state index contributed by atoms with van der Waals surface area (Å²) < 4.78 is 86.5. The minimum absolute atomic E-state index is 0.213. The fourth-order valence-electron chi connectivity index (χ4n) is 4.96. The molecule has 1 aliphatic heterocycles. The highest BCUT2D eigenvalue weighted by molar-refractivity contribution is 6.31. The number of hydrogen-bond donors (Lipinski definition) is 1. The molecule has 1 saturated heterocycles. The number of ether oxygens (including phenoxy) is 3. The van der Waals surface area contributed by atoms with Crippen molar-refractivity contribution in [1.29, 1.82) is 0 Å². The molecule has 1 fully saturated rings. The first-order valence-electron chi connectivity index (χ1n) is 13.1. The molecule has 2 heterocycles. The van der Waals surface area contributed by atoms with E-state index < -0.39 is 89.8 Å². The fourth-order valence-corrected chi connectivity index (χ4v) is 4.96. The van der Waals surface area contributed by atoms with Gasteiger partial charge in [0, 0.05) is 17.2 Å². The van der Waals surface area contributed by atoms with E-state index >= 15 is 4.39 Å². The van der Waals surface area contributed by atoms with Gasteiger partial charge in [-0.05, 0) is 23.8 Å². The average molecular weight is 632 g/mol. The van der Waals surface area contributed by atoms with Gasteiger partial charge in [-0.1, -0.05) is 54.6 Å². The van der Waals surface area contributed by atoms with Crippen LogP contribution in [0.1, 0.15) is 34.7 Å². The van der Waals surface area contributed by atoms with Gasteiger partial charge >= 0.3 is 23.8 Å². The van der Waals surface area contributed by atoms with Crippen molar-refractivity contribution in [2.24, 2.45) is 5.73 Å². The molecule has 0 unspecified atom stereocenters. The lowest BCUT2D eigenvalue weighted by Crippen LogP contribution is -2.45. The Bertz CT molecular complexity index is 1870. The van der Waals surface area contributed by atoms with Crippen LogP contribution in [0.5, 0.6) is 5.75 Å². The first-order valence-corrected chi connectivity index (χ1v) is 13.1.